The number of hydrogen-bond acceptors (Lipinski definition) is 3. The molecule has 124 valence electrons. The van der Waals surface area contributed by atoms with Gasteiger partial charge in [0.15, 0.2) is 6.61 Å². The topological polar surface area (TPSA) is 41.6 Å². The number of piperazine rings is 1. The minimum Gasteiger partial charge on any atom is -0.484 e. The Balaban J connectivity index is 0.00000242. The second-order valence-corrected chi connectivity index (χ2v) is 6.10. The van der Waals surface area contributed by atoms with Gasteiger partial charge >= 0.3 is 0 Å². The highest BCUT2D eigenvalue weighted by Gasteiger charge is 2.23. The summed E-state index contributed by atoms with van der Waals surface area (Å²) >= 11 is 0. The molecule has 1 fully saturated rings. The van der Waals surface area contributed by atoms with Crippen LogP contribution in [0.15, 0.2) is 18.2 Å². The van der Waals surface area contributed by atoms with E-state index in [4.69, 9.17) is 4.74 Å². The number of amides is 1. The van der Waals surface area contributed by atoms with Crippen LogP contribution >= 0.6 is 12.4 Å². The van der Waals surface area contributed by atoms with E-state index in [1.807, 2.05) is 17.0 Å². The molecular formula is C17H27ClN2O2. The van der Waals surface area contributed by atoms with Crippen LogP contribution in [0.4, 0.5) is 0 Å². The number of nitrogens with one attached hydrogen (secondary N) is 1. The van der Waals surface area contributed by atoms with Gasteiger partial charge in [-0.25, -0.2) is 0 Å². The monoisotopic (exact) mass is 326 g/mol. The van der Waals surface area contributed by atoms with Crippen LogP contribution in [0, 0.1) is 6.92 Å². The van der Waals surface area contributed by atoms with E-state index in [-0.39, 0.29) is 31.0 Å². The minimum atomic E-state index is 0. The van der Waals surface area contributed by atoms with Gasteiger partial charge < -0.3 is 15.0 Å². The third-order valence-electron chi connectivity index (χ3n) is 4.05. The lowest BCUT2D eigenvalue weighted by Gasteiger charge is -2.33. The maximum Gasteiger partial charge on any atom is 0.260 e. The molecule has 0 spiro atoms. The fourth-order valence-electron chi connectivity index (χ4n) is 2.83. The van der Waals surface area contributed by atoms with Gasteiger partial charge in [0.1, 0.15) is 5.75 Å². The SMILES string of the molecule is Cc1cc(OCC(=O)N2CCNC[C@H]2C)ccc1C(C)C.Cl. The van der Waals surface area contributed by atoms with Crippen molar-refractivity contribution in [1.29, 1.82) is 0 Å². The van der Waals surface area contributed by atoms with Gasteiger partial charge in [0.25, 0.3) is 5.91 Å². The summed E-state index contributed by atoms with van der Waals surface area (Å²) in [6, 6.07) is 6.30. The average Bonchev–Trinajstić information content (AvgIpc) is 2.45. The lowest BCUT2D eigenvalue weighted by Crippen LogP contribution is -2.53. The Bertz CT molecular complexity index is 505. The minimum absolute atomic E-state index is 0. The first-order valence-electron chi connectivity index (χ1n) is 7.72. The van der Waals surface area contributed by atoms with E-state index in [1.54, 1.807) is 0 Å². The quantitative estimate of drug-likeness (QED) is 0.925. The van der Waals surface area contributed by atoms with Crippen molar-refractivity contribution in [3.05, 3.63) is 29.3 Å². The molecule has 1 amide bonds. The molecule has 0 aliphatic carbocycles. The Morgan fingerprint density at radius 1 is 1.45 bits per heavy atom. The van der Waals surface area contributed by atoms with E-state index in [0.717, 1.165) is 25.4 Å². The van der Waals surface area contributed by atoms with Crippen molar-refractivity contribution >= 4 is 18.3 Å². The van der Waals surface area contributed by atoms with Crippen LogP contribution in [0.25, 0.3) is 0 Å². The molecule has 1 aliphatic heterocycles. The largest absolute Gasteiger partial charge is 0.484 e. The molecule has 0 unspecified atom stereocenters. The summed E-state index contributed by atoms with van der Waals surface area (Å²) in [5.74, 6) is 1.34. The van der Waals surface area contributed by atoms with Crippen LogP contribution in [0.3, 0.4) is 0 Å². The molecule has 1 aromatic carbocycles. The molecule has 0 radical (unpaired) electrons. The third kappa shape index (κ3) is 4.62. The molecule has 0 aromatic heterocycles. The maximum atomic E-state index is 12.2. The van der Waals surface area contributed by atoms with Gasteiger partial charge in [0.2, 0.25) is 0 Å². The molecule has 22 heavy (non-hydrogen) atoms. The number of rotatable bonds is 4. The Morgan fingerprint density at radius 2 is 2.18 bits per heavy atom. The second kappa shape index (κ2) is 8.39. The molecule has 0 saturated carbocycles. The number of carbonyl (C=O) groups is 1. The summed E-state index contributed by atoms with van der Waals surface area (Å²) in [6.45, 7) is 11.1. The molecule has 2 rings (SSSR count). The Hall–Kier alpha value is -1.26. The zero-order valence-electron chi connectivity index (χ0n) is 13.9. The summed E-state index contributed by atoms with van der Waals surface area (Å²) in [5.41, 5.74) is 2.54. The van der Waals surface area contributed by atoms with Crippen LogP contribution in [0.1, 0.15) is 37.8 Å². The highest BCUT2D eigenvalue weighted by Crippen LogP contribution is 2.23. The normalized spacial score (nSPS) is 18.0. The zero-order valence-corrected chi connectivity index (χ0v) is 14.7. The summed E-state index contributed by atoms with van der Waals surface area (Å²) in [4.78, 5) is 14.1. The first-order valence-corrected chi connectivity index (χ1v) is 7.72. The lowest BCUT2D eigenvalue weighted by atomic mass is 9.98. The van der Waals surface area contributed by atoms with E-state index in [2.05, 4.69) is 39.1 Å². The number of ether oxygens (including phenoxy) is 1. The average molecular weight is 327 g/mol. The number of aryl methyl sites for hydroxylation is 1. The lowest BCUT2D eigenvalue weighted by molar-refractivity contribution is -0.136. The van der Waals surface area contributed by atoms with Crippen LogP contribution in [-0.2, 0) is 4.79 Å². The van der Waals surface area contributed by atoms with Crippen molar-refractivity contribution in [3.8, 4) is 5.75 Å². The van der Waals surface area contributed by atoms with Gasteiger partial charge in [-0.05, 0) is 43.0 Å². The smallest absolute Gasteiger partial charge is 0.260 e. The van der Waals surface area contributed by atoms with E-state index in [1.165, 1.54) is 11.1 Å². The third-order valence-corrected chi connectivity index (χ3v) is 4.05. The highest BCUT2D eigenvalue weighted by atomic mass is 35.5. The summed E-state index contributed by atoms with van der Waals surface area (Å²) in [5, 5.41) is 3.28. The molecule has 1 atom stereocenters. The maximum absolute atomic E-state index is 12.2. The fraction of sp³-hybridized carbons (Fsp3) is 0.588. The van der Waals surface area contributed by atoms with E-state index < -0.39 is 0 Å². The highest BCUT2D eigenvalue weighted by molar-refractivity contribution is 5.85. The Kier molecular flexibility index (Phi) is 7.17. The van der Waals surface area contributed by atoms with Crippen LogP contribution in [0.2, 0.25) is 0 Å². The predicted molar refractivity (Wildman–Crippen MR) is 92.1 cm³/mol. The van der Waals surface area contributed by atoms with Crippen molar-refractivity contribution in [2.24, 2.45) is 0 Å². The first-order chi connectivity index (χ1) is 9.99. The van der Waals surface area contributed by atoms with Gasteiger partial charge in [0.05, 0.1) is 0 Å². The number of benzene rings is 1. The molecule has 1 N–H and O–H groups in total. The summed E-state index contributed by atoms with van der Waals surface area (Å²) in [6.07, 6.45) is 0. The molecule has 1 aliphatic rings. The number of nitrogens with zero attached hydrogens (tertiary/aromatic N) is 1. The number of carbonyl (C=O) groups excluding carboxylic acids is 1. The number of hydrogen-bond donors (Lipinski definition) is 1. The van der Waals surface area contributed by atoms with Gasteiger partial charge in [-0.2, -0.15) is 0 Å². The summed E-state index contributed by atoms with van der Waals surface area (Å²) < 4.78 is 5.67. The van der Waals surface area contributed by atoms with E-state index in [0.29, 0.717) is 5.92 Å². The number of halogens is 1. The fourth-order valence-corrected chi connectivity index (χ4v) is 2.83. The second-order valence-electron chi connectivity index (χ2n) is 6.10. The molecule has 1 saturated heterocycles. The molecule has 1 heterocycles. The standard InChI is InChI=1S/C17H26N2O2.ClH/c1-12(2)16-6-5-15(9-13(16)3)21-11-17(20)19-8-7-18-10-14(19)4;/h5-6,9,12,14,18H,7-8,10-11H2,1-4H3;1H/t14-;/m1./s1. The van der Waals surface area contributed by atoms with Gasteiger partial charge in [-0.1, -0.05) is 19.9 Å². The van der Waals surface area contributed by atoms with Crippen LogP contribution < -0.4 is 10.1 Å². The van der Waals surface area contributed by atoms with Crippen molar-refractivity contribution in [1.82, 2.24) is 10.2 Å². The van der Waals surface area contributed by atoms with Crippen molar-refractivity contribution in [2.75, 3.05) is 26.2 Å². The van der Waals surface area contributed by atoms with Gasteiger partial charge in [-0.15, -0.1) is 12.4 Å². The predicted octanol–water partition coefficient (Wildman–Crippen LogP) is 2.74. The first kappa shape index (κ1) is 18.8. The summed E-state index contributed by atoms with van der Waals surface area (Å²) in [7, 11) is 0. The van der Waals surface area contributed by atoms with E-state index >= 15 is 0 Å². The Labute approximate surface area is 139 Å². The van der Waals surface area contributed by atoms with Crippen molar-refractivity contribution in [3.63, 3.8) is 0 Å². The van der Waals surface area contributed by atoms with E-state index in [9.17, 15) is 4.79 Å². The van der Waals surface area contributed by atoms with Crippen molar-refractivity contribution in [2.45, 2.75) is 39.7 Å². The van der Waals surface area contributed by atoms with Gasteiger partial charge in [-0.3, -0.25) is 4.79 Å². The van der Waals surface area contributed by atoms with Crippen molar-refractivity contribution < 1.29 is 9.53 Å². The Morgan fingerprint density at radius 3 is 2.77 bits per heavy atom. The molecule has 0 bridgehead atoms. The zero-order chi connectivity index (χ0) is 15.4. The van der Waals surface area contributed by atoms with Gasteiger partial charge in [0, 0.05) is 25.7 Å². The molecule has 4 nitrogen and oxygen atoms in total. The molecular weight excluding hydrogens is 300 g/mol. The van der Waals surface area contributed by atoms with Crippen LogP contribution in [-0.4, -0.2) is 43.1 Å². The molecule has 5 heteroatoms. The molecule has 1 aromatic rings. The van der Waals surface area contributed by atoms with Crippen LogP contribution in [0.5, 0.6) is 5.75 Å².